The topological polar surface area (TPSA) is 3.24 Å². The first-order valence-electron chi connectivity index (χ1n) is 6.55. The molecule has 19 heavy (non-hydrogen) atoms. The molecule has 0 aliphatic carbocycles. The molecule has 1 aliphatic rings. The van der Waals surface area contributed by atoms with Gasteiger partial charge in [0.2, 0.25) is 0 Å². The maximum atomic E-state index is 13.0. The van der Waals surface area contributed by atoms with E-state index in [-0.39, 0.29) is 5.41 Å². The molecule has 1 fully saturated rings. The van der Waals surface area contributed by atoms with Crippen molar-refractivity contribution in [2.45, 2.75) is 39.3 Å². The second-order valence-corrected chi connectivity index (χ2v) is 6.53. The summed E-state index contributed by atoms with van der Waals surface area (Å²) in [5.41, 5.74) is 0.594. The summed E-state index contributed by atoms with van der Waals surface area (Å²) in [6.07, 6.45) is -4.29. The first-order chi connectivity index (χ1) is 8.57. The maximum Gasteiger partial charge on any atom is 0.416 e. The van der Waals surface area contributed by atoms with Gasteiger partial charge in [-0.2, -0.15) is 13.2 Å². The van der Waals surface area contributed by atoms with Gasteiger partial charge >= 0.3 is 6.18 Å². The summed E-state index contributed by atoms with van der Waals surface area (Å²) in [6.45, 7) is 9.59. The number of hydrogen-bond donors (Lipinski definition) is 0. The number of rotatable bonds is 1. The third kappa shape index (κ3) is 3.04. The zero-order chi connectivity index (χ0) is 14.4. The normalized spacial score (nSPS) is 17.5. The summed E-state index contributed by atoms with van der Waals surface area (Å²) in [7, 11) is 0. The van der Waals surface area contributed by atoms with Crippen molar-refractivity contribution in [2.75, 3.05) is 18.0 Å². The molecule has 0 N–H and O–H groups in total. The first-order valence-corrected chi connectivity index (χ1v) is 6.55. The van der Waals surface area contributed by atoms with Gasteiger partial charge in [0.25, 0.3) is 0 Å². The van der Waals surface area contributed by atoms with E-state index in [0.29, 0.717) is 11.6 Å². The third-order valence-electron chi connectivity index (χ3n) is 3.54. The molecule has 0 atom stereocenters. The zero-order valence-electron chi connectivity index (χ0n) is 11.8. The van der Waals surface area contributed by atoms with Gasteiger partial charge in [0, 0.05) is 18.8 Å². The Morgan fingerprint density at radius 2 is 1.53 bits per heavy atom. The quantitative estimate of drug-likeness (QED) is 0.729. The maximum absolute atomic E-state index is 13.0. The van der Waals surface area contributed by atoms with Crippen molar-refractivity contribution >= 4 is 5.69 Å². The van der Waals surface area contributed by atoms with E-state index in [2.05, 4.69) is 6.92 Å². The van der Waals surface area contributed by atoms with Crippen LogP contribution in [0.2, 0.25) is 0 Å². The minimum Gasteiger partial charge on any atom is -0.371 e. The number of hydrogen-bond acceptors (Lipinski definition) is 1. The van der Waals surface area contributed by atoms with Crippen molar-refractivity contribution in [1.82, 2.24) is 0 Å². The molecular formula is C15H20F3N. The van der Waals surface area contributed by atoms with Crippen molar-refractivity contribution in [3.8, 4) is 0 Å². The average Bonchev–Trinajstić information content (AvgIpc) is 2.22. The predicted molar refractivity (Wildman–Crippen MR) is 71.5 cm³/mol. The summed E-state index contributed by atoms with van der Waals surface area (Å²) < 4.78 is 38.9. The molecule has 2 rings (SSSR count). The minimum absolute atomic E-state index is 0.285. The summed E-state index contributed by atoms with van der Waals surface area (Å²) in [4.78, 5) is 2.01. The Balaban J connectivity index is 2.43. The lowest BCUT2D eigenvalue weighted by atomic mass is 9.85. The molecule has 0 radical (unpaired) electrons. The third-order valence-corrected chi connectivity index (χ3v) is 3.54. The highest BCUT2D eigenvalue weighted by Crippen LogP contribution is 2.37. The molecule has 1 heterocycles. The molecule has 0 saturated carbocycles. The SMILES string of the molecule is CC1CN(c2cc(C(C)(C)C)cc(C(F)(F)F)c2)C1. The number of benzene rings is 1. The van der Waals surface area contributed by atoms with Crippen LogP contribution < -0.4 is 4.90 Å². The second kappa shape index (κ2) is 4.43. The number of alkyl halides is 3. The van der Waals surface area contributed by atoms with Gasteiger partial charge in [0.05, 0.1) is 5.56 Å². The summed E-state index contributed by atoms with van der Waals surface area (Å²) >= 11 is 0. The van der Waals surface area contributed by atoms with Crippen molar-refractivity contribution < 1.29 is 13.2 Å². The lowest BCUT2D eigenvalue weighted by Crippen LogP contribution is -2.45. The van der Waals surface area contributed by atoms with E-state index in [4.69, 9.17) is 0 Å². The van der Waals surface area contributed by atoms with E-state index in [1.54, 1.807) is 0 Å². The van der Waals surface area contributed by atoms with E-state index < -0.39 is 11.7 Å². The van der Waals surface area contributed by atoms with Crippen molar-refractivity contribution in [3.63, 3.8) is 0 Å². The van der Waals surface area contributed by atoms with Crippen LogP contribution in [0.3, 0.4) is 0 Å². The summed E-state index contributed by atoms with van der Waals surface area (Å²) in [5, 5.41) is 0. The van der Waals surface area contributed by atoms with Crippen LogP contribution in [-0.4, -0.2) is 13.1 Å². The number of anilines is 1. The molecule has 1 aliphatic heterocycles. The lowest BCUT2D eigenvalue weighted by Gasteiger charge is -2.40. The van der Waals surface area contributed by atoms with Gasteiger partial charge in [-0.1, -0.05) is 27.7 Å². The van der Waals surface area contributed by atoms with Crippen LogP contribution in [-0.2, 0) is 11.6 Å². The molecule has 0 unspecified atom stereocenters. The Bertz CT molecular complexity index is 433. The van der Waals surface area contributed by atoms with Gasteiger partial charge in [-0.3, -0.25) is 0 Å². The highest BCUT2D eigenvalue weighted by Gasteiger charge is 2.34. The van der Waals surface area contributed by atoms with Gasteiger partial charge in [-0.05, 0) is 35.1 Å². The molecule has 4 heteroatoms. The van der Waals surface area contributed by atoms with Crippen LogP contribution in [0, 0.1) is 5.92 Å². The van der Waals surface area contributed by atoms with E-state index in [9.17, 15) is 13.2 Å². The van der Waals surface area contributed by atoms with Crippen LogP contribution in [0.1, 0.15) is 38.8 Å². The van der Waals surface area contributed by atoms with E-state index >= 15 is 0 Å². The first kappa shape index (κ1) is 14.2. The van der Waals surface area contributed by atoms with E-state index in [1.165, 1.54) is 12.1 Å². The molecular weight excluding hydrogens is 251 g/mol. The number of nitrogens with zero attached hydrogens (tertiary/aromatic N) is 1. The van der Waals surface area contributed by atoms with Crippen LogP contribution >= 0.6 is 0 Å². The largest absolute Gasteiger partial charge is 0.416 e. The Labute approximate surface area is 112 Å². The molecule has 0 bridgehead atoms. The van der Waals surface area contributed by atoms with Crippen LogP contribution in [0.25, 0.3) is 0 Å². The molecule has 1 aromatic carbocycles. The fraction of sp³-hybridized carbons (Fsp3) is 0.600. The molecule has 0 spiro atoms. The fourth-order valence-corrected chi connectivity index (χ4v) is 2.30. The lowest BCUT2D eigenvalue weighted by molar-refractivity contribution is -0.137. The highest BCUT2D eigenvalue weighted by atomic mass is 19.4. The molecule has 0 amide bonds. The second-order valence-electron chi connectivity index (χ2n) is 6.53. The summed E-state index contributed by atoms with van der Waals surface area (Å²) in [6, 6.07) is 4.43. The van der Waals surface area contributed by atoms with Gasteiger partial charge in [-0.15, -0.1) is 0 Å². The zero-order valence-corrected chi connectivity index (χ0v) is 11.8. The standard InChI is InChI=1S/C15H20F3N/c1-10-8-19(9-10)13-6-11(14(2,3)4)5-12(7-13)15(16,17)18/h5-7,10H,8-9H2,1-4H3. The Hall–Kier alpha value is -1.19. The Morgan fingerprint density at radius 1 is 1.00 bits per heavy atom. The van der Waals surface area contributed by atoms with E-state index in [0.717, 1.165) is 18.7 Å². The van der Waals surface area contributed by atoms with Gasteiger partial charge in [-0.25, -0.2) is 0 Å². The van der Waals surface area contributed by atoms with Crippen LogP contribution in [0.15, 0.2) is 18.2 Å². The van der Waals surface area contributed by atoms with E-state index in [1.807, 2.05) is 31.7 Å². The molecule has 1 saturated heterocycles. The molecule has 1 aromatic rings. The monoisotopic (exact) mass is 271 g/mol. The Kier molecular flexibility index (Phi) is 3.31. The van der Waals surface area contributed by atoms with Crippen molar-refractivity contribution in [3.05, 3.63) is 29.3 Å². The Morgan fingerprint density at radius 3 is 1.95 bits per heavy atom. The van der Waals surface area contributed by atoms with Crippen molar-refractivity contribution in [2.24, 2.45) is 5.92 Å². The van der Waals surface area contributed by atoms with Gasteiger partial charge in [0.1, 0.15) is 0 Å². The smallest absolute Gasteiger partial charge is 0.371 e. The molecule has 0 aromatic heterocycles. The minimum atomic E-state index is -4.29. The van der Waals surface area contributed by atoms with Crippen LogP contribution in [0.5, 0.6) is 0 Å². The number of halogens is 3. The average molecular weight is 271 g/mol. The molecule has 1 nitrogen and oxygen atoms in total. The van der Waals surface area contributed by atoms with Crippen molar-refractivity contribution in [1.29, 1.82) is 0 Å². The fourth-order valence-electron chi connectivity index (χ4n) is 2.30. The van der Waals surface area contributed by atoms with Gasteiger partial charge < -0.3 is 4.90 Å². The highest BCUT2D eigenvalue weighted by molar-refractivity contribution is 5.55. The molecule has 106 valence electrons. The predicted octanol–water partition coefficient (Wildman–Crippen LogP) is 4.46. The van der Waals surface area contributed by atoms with Crippen LogP contribution in [0.4, 0.5) is 18.9 Å². The summed E-state index contributed by atoms with van der Waals surface area (Å²) in [5.74, 6) is 0.563. The van der Waals surface area contributed by atoms with Gasteiger partial charge in [0.15, 0.2) is 0 Å².